The highest BCUT2D eigenvalue weighted by Crippen LogP contribution is 2.49. The Kier molecular flexibility index (Phi) is 10.5. The Morgan fingerprint density at radius 1 is 1.22 bits per heavy atom. The molecule has 0 saturated carbocycles. The SMILES string of the molecule is CCCCOC(=O)[C@H](C)NP(=O)(OC[C@H]1O[C@@H](n2c(I)nc3c(OC)nc(C)nc32)[C@](C)(O)[C@@H]1O)Oc1cccc2ccccc12. The lowest BCUT2D eigenvalue weighted by Crippen LogP contribution is -2.45. The first-order chi connectivity index (χ1) is 21.9. The molecule has 1 aliphatic heterocycles. The molecular formula is C30H37IN5O9P. The summed E-state index contributed by atoms with van der Waals surface area (Å²) in [6.45, 7) is 6.29. The summed E-state index contributed by atoms with van der Waals surface area (Å²) in [7, 11) is -2.88. The Balaban J connectivity index is 1.42. The second kappa shape index (κ2) is 14.1. The van der Waals surface area contributed by atoms with Gasteiger partial charge in [-0.15, -0.1) is 0 Å². The molecule has 1 fully saturated rings. The summed E-state index contributed by atoms with van der Waals surface area (Å²) in [5.41, 5.74) is -1.18. The van der Waals surface area contributed by atoms with E-state index in [1.165, 1.54) is 25.5 Å². The van der Waals surface area contributed by atoms with Crippen molar-refractivity contribution in [2.45, 2.75) is 70.6 Å². The van der Waals surface area contributed by atoms with Gasteiger partial charge in [0.1, 0.15) is 35.4 Å². The number of imidazole rings is 1. The number of methoxy groups -OCH3 is 1. The molecule has 0 radical (unpaired) electrons. The van der Waals surface area contributed by atoms with Crippen LogP contribution in [0.2, 0.25) is 0 Å². The van der Waals surface area contributed by atoms with Gasteiger partial charge in [0.25, 0.3) is 0 Å². The molecule has 0 spiro atoms. The molecule has 2 aromatic carbocycles. The van der Waals surface area contributed by atoms with E-state index in [0.717, 1.165) is 11.8 Å². The molecule has 46 heavy (non-hydrogen) atoms. The number of nitrogens with one attached hydrogen (secondary N) is 1. The summed E-state index contributed by atoms with van der Waals surface area (Å²) in [5.74, 6) is 0.270. The van der Waals surface area contributed by atoms with Crippen LogP contribution in [0, 0.1) is 10.8 Å². The molecule has 16 heteroatoms. The molecule has 0 aliphatic carbocycles. The minimum atomic E-state index is -4.34. The van der Waals surface area contributed by atoms with Gasteiger partial charge in [-0.2, -0.15) is 10.1 Å². The van der Waals surface area contributed by atoms with Crippen molar-refractivity contribution < 1.29 is 42.8 Å². The number of halogens is 1. The van der Waals surface area contributed by atoms with Gasteiger partial charge >= 0.3 is 13.7 Å². The van der Waals surface area contributed by atoms with Gasteiger partial charge in [0.15, 0.2) is 21.2 Å². The molecule has 0 bridgehead atoms. The van der Waals surface area contributed by atoms with Gasteiger partial charge in [-0.3, -0.25) is 13.9 Å². The van der Waals surface area contributed by atoms with Crippen LogP contribution in [0.15, 0.2) is 42.5 Å². The third-order valence-electron chi connectivity index (χ3n) is 7.58. The lowest BCUT2D eigenvalue weighted by Gasteiger charge is -2.28. The molecule has 1 aliphatic rings. The lowest BCUT2D eigenvalue weighted by atomic mass is 9.96. The second-order valence-electron chi connectivity index (χ2n) is 11.1. The van der Waals surface area contributed by atoms with E-state index in [1.54, 1.807) is 25.1 Å². The highest BCUT2D eigenvalue weighted by atomic mass is 127. The number of unbranched alkanes of at least 4 members (excludes halogenated alkanes) is 1. The van der Waals surface area contributed by atoms with Crippen molar-refractivity contribution in [3.8, 4) is 11.6 Å². The average molecular weight is 770 g/mol. The van der Waals surface area contributed by atoms with E-state index < -0.39 is 50.4 Å². The number of aromatic nitrogens is 4. The fourth-order valence-electron chi connectivity index (χ4n) is 5.13. The first-order valence-corrected chi connectivity index (χ1v) is 17.4. The van der Waals surface area contributed by atoms with Gasteiger partial charge in [-0.25, -0.2) is 14.5 Å². The maximum Gasteiger partial charge on any atom is 0.459 e. The van der Waals surface area contributed by atoms with E-state index in [4.69, 9.17) is 23.3 Å². The summed E-state index contributed by atoms with van der Waals surface area (Å²) in [5, 5.41) is 26.9. The standard InChI is InChI=1S/C30H37IN5O9P/c1-6-7-15-42-27(38)17(2)35-46(40,45-21-14-10-12-19-11-8-9-13-20(19)21)43-16-22-24(37)30(4,39)28(44-22)36-25-23(34-29(36)31)26(41-5)33-18(3)32-25/h8-14,17,22,24,28,37,39H,6-7,15-16H2,1-5H3,(H,35,40)/t17-,22+,24+,28+,30+,46?/m0/s1. The first-order valence-electron chi connectivity index (χ1n) is 14.8. The van der Waals surface area contributed by atoms with Crippen molar-refractivity contribution in [2.24, 2.45) is 0 Å². The van der Waals surface area contributed by atoms with Crippen LogP contribution >= 0.6 is 30.3 Å². The number of esters is 1. The van der Waals surface area contributed by atoms with E-state index in [9.17, 15) is 19.6 Å². The normalized spacial score (nSPS) is 23.3. The van der Waals surface area contributed by atoms with E-state index in [2.05, 4.69) is 20.0 Å². The Labute approximate surface area is 279 Å². The van der Waals surface area contributed by atoms with Crippen LogP contribution in [-0.4, -0.2) is 79.9 Å². The van der Waals surface area contributed by atoms with Crippen molar-refractivity contribution in [2.75, 3.05) is 20.3 Å². The predicted molar refractivity (Wildman–Crippen MR) is 176 cm³/mol. The smallest absolute Gasteiger partial charge is 0.459 e. The number of aryl methyl sites for hydroxylation is 1. The number of hydrogen-bond donors (Lipinski definition) is 3. The van der Waals surface area contributed by atoms with Gasteiger partial charge in [0, 0.05) is 28.0 Å². The molecule has 6 atom stereocenters. The number of aliphatic hydroxyl groups is 2. The monoisotopic (exact) mass is 769 g/mol. The minimum Gasteiger partial charge on any atom is -0.479 e. The van der Waals surface area contributed by atoms with Crippen molar-refractivity contribution in [1.29, 1.82) is 0 Å². The highest BCUT2D eigenvalue weighted by Gasteiger charge is 2.55. The van der Waals surface area contributed by atoms with Gasteiger partial charge in [0.05, 0.1) is 20.3 Å². The molecule has 14 nitrogen and oxygen atoms in total. The summed E-state index contributed by atoms with van der Waals surface area (Å²) < 4.78 is 45.0. The van der Waals surface area contributed by atoms with E-state index in [1.807, 2.05) is 53.8 Å². The van der Waals surface area contributed by atoms with Crippen molar-refractivity contribution in [3.63, 3.8) is 0 Å². The van der Waals surface area contributed by atoms with Crippen LogP contribution in [0.25, 0.3) is 21.9 Å². The zero-order chi connectivity index (χ0) is 33.2. The molecule has 4 aromatic rings. The fourth-order valence-corrected chi connectivity index (χ4v) is 7.37. The van der Waals surface area contributed by atoms with Crippen LogP contribution in [0.5, 0.6) is 11.6 Å². The average Bonchev–Trinajstić information content (AvgIpc) is 3.46. The third kappa shape index (κ3) is 7.00. The number of benzene rings is 2. The number of rotatable bonds is 13. The lowest BCUT2D eigenvalue weighted by molar-refractivity contribution is -0.145. The Bertz CT molecular complexity index is 1760. The first kappa shape index (κ1) is 34.4. The van der Waals surface area contributed by atoms with E-state index in [0.29, 0.717) is 32.6 Å². The number of hydrogen-bond acceptors (Lipinski definition) is 12. The van der Waals surface area contributed by atoms with Crippen LogP contribution in [0.4, 0.5) is 0 Å². The zero-order valence-electron chi connectivity index (χ0n) is 26.0. The minimum absolute atomic E-state index is 0.216. The molecule has 0 amide bonds. The van der Waals surface area contributed by atoms with Crippen LogP contribution in [0.3, 0.4) is 0 Å². The largest absolute Gasteiger partial charge is 0.479 e. The number of ether oxygens (including phenoxy) is 3. The summed E-state index contributed by atoms with van der Waals surface area (Å²) in [4.78, 5) is 25.9. The van der Waals surface area contributed by atoms with Crippen LogP contribution in [-0.2, 0) is 23.4 Å². The number of aliphatic hydroxyl groups excluding tert-OH is 1. The van der Waals surface area contributed by atoms with E-state index in [-0.39, 0.29) is 18.2 Å². The third-order valence-corrected chi connectivity index (χ3v) is 9.97. The summed E-state index contributed by atoms with van der Waals surface area (Å²) in [6, 6.07) is 11.6. The van der Waals surface area contributed by atoms with Gasteiger partial charge in [0.2, 0.25) is 5.88 Å². The van der Waals surface area contributed by atoms with Crippen molar-refractivity contribution >= 4 is 58.2 Å². The van der Waals surface area contributed by atoms with Gasteiger partial charge in [-0.05, 0) is 38.6 Å². The quantitative estimate of drug-likeness (QED) is 0.0573. The Hall–Kier alpha value is -2.92. The zero-order valence-corrected chi connectivity index (χ0v) is 29.1. The number of fused-ring (bicyclic) bond motifs is 2. The second-order valence-corrected chi connectivity index (χ2v) is 13.8. The molecule has 2 aromatic heterocycles. The molecule has 3 heterocycles. The molecule has 1 unspecified atom stereocenters. The molecule has 5 rings (SSSR count). The molecular weight excluding hydrogens is 732 g/mol. The topological polar surface area (TPSA) is 176 Å². The summed E-state index contributed by atoms with van der Waals surface area (Å²) >= 11 is 1.97. The van der Waals surface area contributed by atoms with Gasteiger partial charge in [-0.1, -0.05) is 49.7 Å². The molecule has 3 N–H and O–H groups in total. The maximum atomic E-state index is 14.3. The van der Waals surface area contributed by atoms with E-state index >= 15 is 0 Å². The van der Waals surface area contributed by atoms with Crippen molar-refractivity contribution in [3.05, 3.63) is 52.1 Å². The van der Waals surface area contributed by atoms with Crippen molar-refractivity contribution in [1.82, 2.24) is 24.6 Å². The predicted octanol–water partition coefficient (Wildman–Crippen LogP) is 4.44. The van der Waals surface area contributed by atoms with Gasteiger partial charge < -0.3 is 28.9 Å². The Morgan fingerprint density at radius 3 is 2.70 bits per heavy atom. The van der Waals surface area contributed by atoms with Crippen LogP contribution in [0.1, 0.15) is 45.7 Å². The number of nitrogens with zero attached hydrogens (tertiary/aromatic N) is 4. The fraction of sp³-hybridized carbons (Fsp3) is 0.467. The maximum absolute atomic E-state index is 14.3. The number of carbonyl (C=O) groups excluding carboxylic acids is 1. The number of carbonyl (C=O) groups is 1. The highest BCUT2D eigenvalue weighted by molar-refractivity contribution is 14.1. The molecule has 1 saturated heterocycles. The molecule has 248 valence electrons. The summed E-state index contributed by atoms with van der Waals surface area (Å²) in [6.07, 6.45) is -2.34. The Morgan fingerprint density at radius 2 is 1.96 bits per heavy atom. The van der Waals surface area contributed by atoms with Crippen LogP contribution < -0.4 is 14.3 Å².